The number of para-hydroxylation sites is 1. The molecule has 6 nitrogen and oxygen atoms in total. The van der Waals surface area contributed by atoms with E-state index in [2.05, 4.69) is 4.98 Å². The highest BCUT2D eigenvalue weighted by atomic mass is 16.5. The van der Waals surface area contributed by atoms with Gasteiger partial charge in [-0.3, -0.25) is 19.3 Å². The maximum absolute atomic E-state index is 12.4. The summed E-state index contributed by atoms with van der Waals surface area (Å²) < 4.78 is 5.26. The van der Waals surface area contributed by atoms with E-state index < -0.39 is 5.97 Å². The fourth-order valence-electron chi connectivity index (χ4n) is 3.71. The largest absolute Gasteiger partial charge is 0.459 e. The summed E-state index contributed by atoms with van der Waals surface area (Å²) >= 11 is 0. The van der Waals surface area contributed by atoms with Crippen LogP contribution in [0.15, 0.2) is 48.6 Å². The van der Waals surface area contributed by atoms with Crippen molar-refractivity contribution in [3.8, 4) is 0 Å². The minimum absolute atomic E-state index is 0.00205. The summed E-state index contributed by atoms with van der Waals surface area (Å²) in [6.45, 7) is 0.148. The lowest BCUT2D eigenvalue weighted by Gasteiger charge is -2.14. The molecule has 6 heteroatoms. The Morgan fingerprint density at radius 1 is 1.04 bits per heavy atom. The number of fused-ring (bicyclic) bond motifs is 2. The molecule has 138 valence electrons. The summed E-state index contributed by atoms with van der Waals surface area (Å²) in [6, 6.07) is 11.5. The van der Waals surface area contributed by atoms with Gasteiger partial charge in [-0.1, -0.05) is 36.4 Å². The van der Waals surface area contributed by atoms with Crippen molar-refractivity contribution in [2.75, 3.05) is 6.54 Å². The van der Waals surface area contributed by atoms with Crippen molar-refractivity contribution in [3.05, 3.63) is 54.2 Å². The van der Waals surface area contributed by atoms with Crippen LogP contribution in [0, 0.1) is 11.8 Å². The summed E-state index contributed by atoms with van der Waals surface area (Å²) in [5.74, 6) is -1.31. The monoisotopic (exact) mass is 364 g/mol. The van der Waals surface area contributed by atoms with Gasteiger partial charge in [0.25, 0.3) is 0 Å². The number of esters is 1. The first-order valence-electron chi connectivity index (χ1n) is 9.14. The van der Waals surface area contributed by atoms with Crippen LogP contribution in [0.4, 0.5) is 0 Å². The van der Waals surface area contributed by atoms with Gasteiger partial charge in [0.2, 0.25) is 11.8 Å². The Morgan fingerprint density at radius 3 is 2.48 bits per heavy atom. The molecular weight excluding hydrogens is 344 g/mol. The number of rotatable bonds is 5. The first-order chi connectivity index (χ1) is 13.1. The van der Waals surface area contributed by atoms with E-state index in [-0.39, 0.29) is 43.2 Å². The molecule has 2 atom stereocenters. The lowest BCUT2D eigenvalue weighted by atomic mass is 9.85. The molecular formula is C21H20N2O4. The zero-order valence-electron chi connectivity index (χ0n) is 14.8. The summed E-state index contributed by atoms with van der Waals surface area (Å²) in [5.41, 5.74) is 1.50. The Balaban J connectivity index is 1.30. The van der Waals surface area contributed by atoms with Gasteiger partial charge in [0.15, 0.2) is 0 Å². The van der Waals surface area contributed by atoms with E-state index in [4.69, 9.17) is 4.74 Å². The molecule has 1 aromatic carbocycles. The molecule has 4 rings (SSSR count). The van der Waals surface area contributed by atoms with Crippen LogP contribution >= 0.6 is 0 Å². The van der Waals surface area contributed by atoms with E-state index in [1.807, 2.05) is 48.6 Å². The maximum Gasteiger partial charge on any atom is 0.307 e. The van der Waals surface area contributed by atoms with Crippen LogP contribution in [-0.4, -0.2) is 34.2 Å². The topological polar surface area (TPSA) is 76.6 Å². The standard InChI is InChI=1S/C21H20N2O4/c24-19(27-13-15-10-9-14-5-1-4-8-18(14)22-15)11-12-23-20(25)16-6-2-3-7-17(16)21(23)26/h1-5,8-10,16-17H,6-7,11-13H2/t16-,17-/m1/s1. The molecule has 0 spiro atoms. The Morgan fingerprint density at radius 2 is 1.74 bits per heavy atom. The third-order valence-electron chi connectivity index (χ3n) is 5.18. The first-order valence-corrected chi connectivity index (χ1v) is 9.14. The lowest BCUT2D eigenvalue weighted by molar-refractivity contribution is -0.146. The molecule has 0 unspecified atom stereocenters. The fraction of sp³-hybridized carbons (Fsp3) is 0.333. The summed E-state index contributed by atoms with van der Waals surface area (Å²) in [7, 11) is 0. The van der Waals surface area contributed by atoms with Crippen LogP contribution < -0.4 is 0 Å². The van der Waals surface area contributed by atoms with Gasteiger partial charge in [-0.15, -0.1) is 0 Å². The summed E-state index contributed by atoms with van der Waals surface area (Å²) in [4.78, 5) is 42.5. The van der Waals surface area contributed by atoms with Gasteiger partial charge in [0, 0.05) is 11.9 Å². The molecule has 2 aromatic rings. The highest BCUT2D eigenvalue weighted by molar-refractivity contribution is 6.05. The average Bonchev–Trinajstić information content (AvgIpc) is 2.95. The van der Waals surface area contributed by atoms with E-state index in [0.717, 1.165) is 10.9 Å². The Bertz CT molecular complexity index is 911. The van der Waals surface area contributed by atoms with Gasteiger partial charge < -0.3 is 4.74 Å². The number of likely N-dealkylation sites (tertiary alicyclic amines) is 1. The molecule has 2 heterocycles. The van der Waals surface area contributed by atoms with Crippen molar-refractivity contribution in [3.63, 3.8) is 0 Å². The number of amides is 2. The van der Waals surface area contributed by atoms with E-state index >= 15 is 0 Å². The molecule has 1 aliphatic heterocycles. The highest BCUT2D eigenvalue weighted by Gasteiger charge is 2.46. The molecule has 27 heavy (non-hydrogen) atoms. The van der Waals surface area contributed by atoms with Crippen LogP contribution in [0.3, 0.4) is 0 Å². The Hall–Kier alpha value is -3.02. The van der Waals surface area contributed by atoms with Crippen LogP contribution in [0.5, 0.6) is 0 Å². The van der Waals surface area contributed by atoms with E-state index in [9.17, 15) is 14.4 Å². The molecule has 1 fully saturated rings. The average molecular weight is 364 g/mol. The molecule has 0 saturated carbocycles. The third-order valence-corrected chi connectivity index (χ3v) is 5.18. The number of ether oxygens (including phenoxy) is 1. The molecule has 0 N–H and O–H groups in total. The quantitative estimate of drug-likeness (QED) is 0.463. The van der Waals surface area contributed by atoms with Crippen molar-refractivity contribution >= 4 is 28.7 Å². The number of imide groups is 1. The van der Waals surface area contributed by atoms with Crippen molar-refractivity contribution in [2.45, 2.75) is 25.9 Å². The highest BCUT2D eigenvalue weighted by Crippen LogP contribution is 2.35. The van der Waals surface area contributed by atoms with Gasteiger partial charge in [-0.25, -0.2) is 4.98 Å². The number of hydrogen-bond donors (Lipinski definition) is 0. The Kier molecular flexibility index (Phi) is 4.71. The van der Waals surface area contributed by atoms with Crippen molar-refractivity contribution in [1.29, 1.82) is 0 Å². The number of nitrogens with zero attached hydrogens (tertiary/aromatic N) is 2. The minimum Gasteiger partial charge on any atom is -0.459 e. The minimum atomic E-state index is -0.446. The smallest absolute Gasteiger partial charge is 0.307 e. The van der Waals surface area contributed by atoms with Gasteiger partial charge in [0.05, 0.1) is 29.5 Å². The van der Waals surface area contributed by atoms with Crippen molar-refractivity contribution < 1.29 is 19.1 Å². The number of pyridine rings is 1. The number of carbonyl (C=O) groups excluding carboxylic acids is 3. The van der Waals surface area contributed by atoms with E-state index in [1.54, 1.807) is 0 Å². The maximum atomic E-state index is 12.4. The van der Waals surface area contributed by atoms with E-state index in [0.29, 0.717) is 18.5 Å². The SMILES string of the molecule is O=C(CCN1C(=O)[C@@H]2CC=CC[C@H]2C1=O)OCc1ccc2ccccc2n1. The van der Waals surface area contributed by atoms with Crippen LogP contribution in [0.1, 0.15) is 25.0 Å². The molecule has 1 aliphatic carbocycles. The van der Waals surface area contributed by atoms with Crippen molar-refractivity contribution in [2.24, 2.45) is 11.8 Å². The second kappa shape index (κ2) is 7.31. The molecule has 2 aliphatic rings. The molecule has 1 aromatic heterocycles. The van der Waals surface area contributed by atoms with Crippen molar-refractivity contribution in [1.82, 2.24) is 9.88 Å². The third kappa shape index (κ3) is 3.47. The molecule has 2 amide bonds. The number of benzene rings is 1. The molecule has 0 radical (unpaired) electrons. The number of carbonyl (C=O) groups is 3. The predicted octanol–water partition coefficient (Wildman–Crippen LogP) is 2.62. The fourth-order valence-corrected chi connectivity index (χ4v) is 3.71. The zero-order chi connectivity index (χ0) is 18.8. The lowest BCUT2D eigenvalue weighted by Crippen LogP contribution is -2.33. The van der Waals surface area contributed by atoms with Gasteiger partial charge >= 0.3 is 5.97 Å². The van der Waals surface area contributed by atoms with Gasteiger partial charge in [-0.2, -0.15) is 0 Å². The van der Waals surface area contributed by atoms with Crippen LogP contribution in [0.2, 0.25) is 0 Å². The molecule has 1 saturated heterocycles. The van der Waals surface area contributed by atoms with Gasteiger partial charge in [-0.05, 0) is 25.0 Å². The summed E-state index contributed by atoms with van der Waals surface area (Å²) in [5, 5.41) is 1.02. The summed E-state index contributed by atoms with van der Waals surface area (Å²) in [6.07, 6.45) is 5.09. The number of hydrogen-bond acceptors (Lipinski definition) is 5. The normalized spacial score (nSPS) is 21.6. The van der Waals surface area contributed by atoms with Gasteiger partial charge in [0.1, 0.15) is 6.61 Å². The first kappa shape index (κ1) is 17.4. The second-order valence-electron chi connectivity index (χ2n) is 6.89. The zero-order valence-corrected chi connectivity index (χ0v) is 14.8. The van der Waals surface area contributed by atoms with Crippen LogP contribution in [-0.2, 0) is 25.7 Å². The second-order valence-corrected chi connectivity index (χ2v) is 6.89. The van der Waals surface area contributed by atoms with E-state index in [1.165, 1.54) is 4.90 Å². The predicted molar refractivity (Wildman–Crippen MR) is 98.2 cm³/mol. The number of allylic oxidation sites excluding steroid dienone is 2. The Labute approximate surface area is 156 Å². The van der Waals surface area contributed by atoms with Crippen LogP contribution in [0.25, 0.3) is 10.9 Å². The molecule has 0 bridgehead atoms. The number of aromatic nitrogens is 1.